The van der Waals surface area contributed by atoms with E-state index in [2.05, 4.69) is 15.3 Å². The minimum Gasteiger partial charge on any atom is -0.341 e. The topological polar surface area (TPSA) is 74.2 Å². The summed E-state index contributed by atoms with van der Waals surface area (Å²) in [5, 5.41) is 3.28. The Labute approximate surface area is 160 Å². The Morgan fingerprint density at radius 3 is 2.74 bits per heavy atom. The molecule has 1 saturated heterocycles. The smallest absolute Gasteiger partial charge is 0.236 e. The normalized spacial score (nSPS) is 17.2. The fraction of sp³-hybridized carbons (Fsp3) is 0.500. The standard InChI is InChI=1S/C20H28N6O/c1-14-7-5-9-17(21-14)23-18-11-15(2)22-20(24-18)16-8-6-10-26(12-16)19(27)13-25(3)4/h5,7,9,11,16H,6,8,10,12-13H2,1-4H3,(H,21,22,23,24)/t16-/m0/s1. The number of nitrogens with one attached hydrogen (secondary N) is 1. The average molecular weight is 368 g/mol. The number of amides is 1. The number of hydrogen-bond acceptors (Lipinski definition) is 6. The van der Waals surface area contributed by atoms with Crippen molar-refractivity contribution in [2.75, 3.05) is 39.0 Å². The van der Waals surface area contributed by atoms with Crippen LogP contribution in [0.1, 0.15) is 36.0 Å². The number of hydrogen-bond donors (Lipinski definition) is 1. The molecule has 0 bridgehead atoms. The molecular weight excluding hydrogens is 340 g/mol. The van der Waals surface area contributed by atoms with E-state index >= 15 is 0 Å². The van der Waals surface area contributed by atoms with E-state index in [1.54, 1.807) is 0 Å². The van der Waals surface area contributed by atoms with E-state index in [1.165, 1.54) is 0 Å². The van der Waals surface area contributed by atoms with Crippen molar-refractivity contribution < 1.29 is 4.79 Å². The highest BCUT2D eigenvalue weighted by molar-refractivity contribution is 5.78. The van der Waals surface area contributed by atoms with Gasteiger partial charge in [-0.2, -0.15) is 0 Å². The van der Waals surface area contributed by atoms with E-state index in [4.69, 9.17) is 4.98 Å². The molecule has 7 heteroatoms. The number of piperidine rings is 1. The van der Waals surface area contributed by atoms with Crippen molar-refractivity contribution in [1.29, 1.82) is 0 Å². The molecule has 1 atom stereocenters. The molecule has 0 aliphatic carbocycles. The number of rotatable bonds is 5. The van der Waals surface area contributed by atoms with Crippen LogP contribution < -0.4 is 5.32 Å². The van der Waals surface area contributed by atoms with Crippen LogP contribution in [0.4, 0.5) is 11.6 Å². The average Bonchev–Trinajstić information content (AvgIpc) is 2.61. The summed E-state index contributed by atoms with van der Waals surface area (Å²) in [5.41, 5.74) is 1.86. The Hall–Kier alpha value is -2.54. The highest BCUT2D eigenvalue weighted by Crippen LogP contribution is 2.26. The number of pyridine rings is 1. The van der Waals surface area contributed by atoms with Gasteiger partial charge in [0, 0.05) is 36.5 Å². The van der Waals surface area contributed by atoms with Crippen LogP contribution in [0.25, 0.3) is 0 Å². The number of likely N-dealkylation sites (tertiary alicyclic amines) is 1. The van der Waals surface area contributed by atoms with Crippen LogP contribution in [0.5, 0.6) is 0 Å². The number of aromatic nitrogens is 3. The van der Waals surface area contributed by atoms with Crippen LogP contribution in [0.2, 0.25) is 0 Å². The summed E-state index contributed by atoms with van der Waals surface area (Å²) in [6, 6.07) is 7.77. The second-order valence-electron chi connectivity index (χ2n) is 7.46. The monoisotopic (exact) mass is 368 g/mol. The Morgan fingerprint density at radius 2 is 2.00 bits per heavy atom. The zero-order chi connectivity index (χ0) is 19.4. The second-order valence-corrected chi connectivity index (χ2v) is 7.46. The largest absolute Gasteiger partial charge is 0.341 e. The fourth-order valence-electron chi connectivity index (χ4n) is 3.37. The van der Waals surface area contributed by atoms with Crippen LogP contribution in [0.15, 0.2) is 24.3 Å². The zero-order valence-electron chi connectivity index (χ0n) is 16.6. The summed E-state index contributed by atoms with van der Waals surface area (Å²) in [4.78, 5) is 30.1. The molecule has 0 radical (unpaired) electrons. The molecule has 3 rings (SSSR count). The summed E-state index contributed by atoms with van der Waals surface area (Å²) in [6.07, 6.45) is 1.97. The number of carbonyl (C=O) groups is 1. The van der Waals surface area contributed by atoms with E-state index in [1.807, 2.05) is 62.0 Å². The van der Waals surface area contributed by atoms with Gasteiger partial charge in [0.05, 0.1) is 6.54 Å². The summed E-state index contributed by atoms with van der Waals surface area (Å²) >= 11 is 0. The molecule has 0 spiro atoms. The van der Waals surface area contributed by atoms with Crippen molar-refractivity contribution in [1.82, 2.24) is 24.8 Å². The fourth-order valence-corrected chi connectivity index (χ4v) is 3.37. The number of nitrogens with zero attached hydrogens (tertiary/aromatic N) is 5. The molecule has 7 nitrogen and oxygen atoms in total. The Kier molecular flexibility index (Phi) is 6.01. The minimum atomic E-state index is 0.163. The van der Waals surface area contributed by atoms with Crippen LogP contribution >= 0.6 is 0 Å². The predicted octanol–water partition coefficient (Wildman–Crippen LogP) is 2.50. The lowest BCUT2D eigenvalue weighted by Crippen LogP contribution is -2.43. The first kappa shape index (κ1) is 19.2. The van der Waals surface area contributed by atoms with E-state index in [-0.39, 0.29) is 11.8 Å². The van der Waals surface area contributed by atoms with Gasteiger partial charge in [0.25, 0.3) is 0 Å². The van der Waals surface area contributed by atoms with Gasteiger partial charge < -0.3 is 15.1 Å². The van der Waals surface area contributed by atoms with E-state index in [0.29, 0.717) is 13.1 Å². The lowest BCUT2D eigenvalue weighted by atomic mass is 9.97. The second kappa shape index (κ2) is 8.43. The van der Waals surface area contributed by atoms with E-state index in [9.17, 15) is 4.79 Å². The van der Waals surface area contributed by atoms with Crippen molar-refractivity contribution in [3.8, 4) is 0 Å². The van der Waals surface area contributed by atoms with Crippen LogP contribution in [-0.2, 0) is 4.79 Å². The lowest BCUT2D eigenvalue weighted by Gasteiger charge is -2.33. The molecule has 0 unspecified atom stereocenters. The third kappa shape index (κ3) is 5.23. The summed E-state index contributed by atoms with van der Waals surface area (Å²) in [5.74, 6) is 2.64. The molecular formula is C20H28N6O. The van der Waals surface area contributed by atoms with Crippen molar-refractivity contribution in [3.63, 3.8) is 0 Å². The minimum absolute atomic E-state index is 0.163. The maximum Gasteiger partial charge on any atom is 0.236 e. The van der Waals surface area contributed by atoms with Crippen molar-refractivity contribution in [2.45, 2.75) is 32.6 Å². The molecule has 0 aromatic carbocycles. The van der Waals surface area contributed by atoms with Gasteiger partial charge in [0.1, 0.15) is 17.5 Å². The molecule has 144 valence electrons. The number of aryl methyl sites for hydroxylation is 2. The lowest BCUT2D eigenvalue weighted by molar-refractivity contribution is -0.133. The molecule has 27 heavy (non-hydrogen) atoms. The summed E-state index contributed by atoms with van der Waals surface area (Å²) < 4.78 is 0. The van der Waals surface area contributed by atoms with Crippen molar-refractivity contribution in [3.05, 3.63) is 41.5 Å². The van der Waals surface area contributed by atoms with Gasteiger partial charge in [-0.1, -0.05) is 6.07 Å². The number of likely N-dealkylation sites (N-methyl/N-ethyl adjacent to an activating group) is 1. The van der Waals surface area contributed by atoms with Crippen LogP contribution in [0.3, 0.4) is 0 Å². The van der Waals surface area contributed by atoms with Gasteiger partial charge in [0.2, 0.25) is 5.91 Å². The van der Waals surface area contributed by atoms with Gasteiger partial charge in [0.15, 0.2) is 0 Å². The molecule has 0 saturated carbocycles. The van der Waals surface area contributed by atoms with Crippen LogP contribution in [-0.4, -0.2) is 64.4 Å². The molecule has 1 fully saturated rings. The molecule has 2 aromatic heterocycles. The quantitative estimate of drug-likeness (QED) is 0.874. The summed E-state index contributed by atoms with van der Waals surface area (Å²) in [7, 11) is 3.83. The van der Waals surface area contributed by atoms with Crippen molar-refractivity contribution in [2.24, 2.45) is 0 Å². The Morgan fingerprint density at radius 1 is 1.19 bits per heavy atom. The van der Waals surface area contributed by atoms with E-state index < -0.39 is 0 Å². The van der Waals surface area contributed by atoms with Gasteiger partial charge in [-0.3, -0.25) is 4.79 Å². The van der Waals surface area contributed by atoms with Gasteiger partial charge in [-0.15, -0.1) is 0 Å². The first-order chi connectivity index (χ1) is 12.9. The molecule has 3 heterocycles. The first-order valence-electron chi connectivity index (χ1n) is 9.39. The van der Waals surface area contributed by atoms with Gasteiger partial charge >= 0.3 is 0 Å². The first-order valence-corrected chi connectivity index (χ1v) is 9.39. The molecule has 1 N–H and O–H groups in total. The molecule has 1 aliphatic heterocycles. The van der Waals surface area contributed by atoms with E-state index in [0.717, 1.165) is 48.2 Å². The van der Waals surface area contributed by atoms with Gasteiger partial charge in [-0.05, 0) is 52.9 Å². The highest BCUT2D eigenvalue weighted by Gasteiger charge is 2.27. The zero-order valence-corrected chi connectivity index (χ0v) is 16.6. The Balaban J connectivity index is 1.76. The number of carbonyl (C=O) groups excluding carboxylic acids is 1. The maximum absolute atomic E-state index is 12.4. The molecule has 2 aromatic rings. The molecule has 1 aliphatic rings. The Bertz CT molecular complexity index is 807. The molecule has 1 amide bonds. The number of anilines is 2. The predicted molar refractivity (Wildman–Crippen MR) is 106 cm³/mol. The maximum atomic E-state index is 12.4. The highest BCUT2D eigenvalue weighted by atomic mass is 16.2. The summed E-state index contributed by atoms with van der Waals surface area (Å²) in [6.45, 7) is 5.86. The van der Waals surface area contributed by atoms with Gasteiger partial charge in [-0.25, -0.2) is 15.0 Å². The third-order valence-electron chi connectivity index (χ3n) is 4.61. The van der Waals surface area contributed by atoms with Crippen molar-refractivity contribution >= 4 is 17.5 Å². The van der Waals surface area contributed by atoms with Crippen LogP contribution in [0, 0.1) is 13.8 Å². The SMILES string of the molecule is Cc1cccc(Nc2cc(C)nc([C@H]3CCCN(C(=O)CN(C)C)C3)n2)n1. The third-order valence-corrected chi connectivity index (χ3v) is 4.61.